The number of carbonyl (C=O) groups excluding carboxylic acids is 1. The maximum Gasteiger partial charge on any atom is 0.271 e. The Balaban J connectivity index is 1.95. The number of carbonyl (C=O) groups is 1. The molecule has 0 atom stereocenters. The van der Waals surface area contributed by atoms with Gasteiger partial charge in [-0.15, -0.1) is 0 Å². The fourth-order valence-electron chi connectivity index (χ4n) is 2.24. The van der Waals surface area contributed by atoms with Crippen molar-refractivity contribution in [1.29, 1.82) is 0 Å². The Morgan fingerprint density at radius 1 is 1.50 bits per heavy atom. The third-order valence-corrected chi connectivity index (χ3v) is 3.80. The van der Waals surface area contributed by atoms with E-state index in [4.69, 9.17) is 5.84 Å². The van der Waals surface area contributed by atoms with Gasteiger partial charge >= 0.3 is 0 Å². The Labute approximate surface area is 106 Å². The molecule has 0 spiro atoms. The van der Waals surface area contributed by atoms with Crippen molar-refractivity contribution in [3.8, 4) is 0 Å². The van der Waals surface area contributed by atoms with E-state index in [9.17, 15) is 4.79 Å². The van der Waals surface area contributed by atoms with E-state index in [-0.39, 0.29) is 11.6 Å². The zero-order valence-corrected chi connectivity index (χ0v) is 10.6. The summed E-state index contributed by atoms with van der Waals surface area (Å²) in [7, 11) is 0. The van der Waals surface area contributed by atoms with E-state index in [2.05, 4.69) is 27.6 Å². The van der Waals surface area contributed by atoms with Crippen LogP contribution in [0.15, 0.2) is 12.4 Å². The van der Waals surface area contributed by atoms with Crippen LogP contribution in [0.25, 0.3) is 0 Å². The molecular formula is C12H19N5O. The van der Waals surface area contributed by atoms with Crippen LogP contribution < -0.4 is 16.6 Å². The molecule has 4 N–H and O–H groups in total. The second-order valence-corrected chi connectivity index (χ2v) is 4.82. The molecule has 1 aromatic heterocycles. The monoisotopic (exact) mass is 249 g/mol. The summed E-state index contributed by atoms with van der Waals surface area (Å²) in [5.41, 5.74) is 2.96. The van der Waals surface area contributed by atoms with Crippen molar-refractivity contribution in [2.45, 2.75) is 32.6 Å². The van der Waals surface area contributed by atoms with E-state index in [1.807, 2.05) is 0 Å². The lowest BCUT2D eigenvalue weighted by Crippen LogP contribution is -2.41. The van der Waals surface area contributed by atoms with Gasteiger partial charge in [0.1, 0.15) is 5.69 Å². The van der Waals surface area contributed by atoms with Gasteiger partial charge < -0.3 is 10.7 Å². The minimum absolute atomic E-state index is 0.195. The number of aromatic nitrogens is 2. The summed E-state index contributed by atoms with van der Waals surface area (Å²) in [6, 6.07) is 0. The summed E-state index contributed by atoms with van der Waals surface area (Å²) >= 11 is 0. The predicted octanol–water partition coefficient (Wildman–Crippen LogP) is 1.07. The smallest absolute Gasteiger partial charge is 0.271 e. The van der Waals surface area contributed by atoms with Crippen LogP contribution in [0.2, 0.25) is 0 Å². The van der Waals surface area contributed by atoms with Crippen molar-refractivity contribution in [3.63, 3.8) is 0 Å². The number of nitrogens with zero attached hydrogens (tertiary/aromatic N) is 2. The molecule has 18 heavy (non-hydrogen) atoms. The van der Waals surface area contributed by atoms with Crippen molar-refractivity contribution in [1.82, 2.24) is 15.3 Å². The standard InChI is InChI=1S/C12H19N5O/c1-2-12(4-3-5-12)8-15-11(18)9-6-14-7-10(16-9)17-13/h6-7H,2-5,8,13H2,1H3,(H,15,18)(H,16,17). The molecular weight excluding hydrogens is 230 g/mol. The van der Waals surface area contributed by atoms with Crippen LogP contribution in [0, 0.1) is 5.41 Å². The fraction of sp³-hybridized carbons (Fsp3) is 0.583. The topological polar surface area (TPSA) is 92.9 Å². The summed E-state index contributed by atoms with van der Waals surface area (Å²) in [6.45, 7) is 2.88. The van der Waals surface area contributed by atoms with Crippen molar-refractivity contribution < 1.29 is 4.79 Å². The molecule has 0 aromatic carbocycles. The van der Waals surface area contributed by atoms with Gasteiger partial charge in [-0.1, -0.05) is 13.3 Å². The molecule has 0 saturated heterocycles. The molecule has 0 radical (unpaired) electrons. The average Bonchev–Trinajstić information content (AvgIpc) is 2.38. The van der Waals surface area contributed by atoms with Crippen molar-refractivity contribution in [3.05, 3.63) is 18.1 Å². The molecule has 1 heterocycles. The zero-order chi connectivity index (χ0) is 13.0. The van der Waals surface area contributed by atoms with Crippen LogP contribution >= 0.6 is 0 Å². The maximum atomic E-state index is 11.9. The van der Waals surface area contributed by atoms with Gasteiger partial charge in [0.05, 0.1) is 12.4 Å². The first-order chi connectivity index (χ1) is 8.69. The van der Waals surface area contributed by atoms with Crippen molar-refractivity contribution in [2.24, 2.45) is 11.3 Å². The number of nitrogens with two attached hydrogens (primary N) is 1. The SMILES string of the molecule is CCC1(CNC(=O)c2cncc(NN)n2)CCC1. The molecule has 1 aliphatic carbocycles. The van der Waals surface area contributed by atoms with E-state index in [0.717, 1.165) is 6.42 Å². The Bertz CT molecular complexity index is 425. The molecule has 98 valence electrons. The Morgan fingerprint density at radius 3 is 2.83 bits per heavy atom. The number of nitrogens with one attached hydrogen (secondary N) is 2. The Morgan fingerprint density at radius 2 is 2.28 bits per heavy atom. The van der Waals surface area contributed by atoms with Crippen molar-refractivity contribution >= 4 is 11.7 Å². The van der Waals surface area contributed by atoms with Gasteiger partial charge in [-0.05, 0) is 24.7 Å². The van der Waals surface area contributed by atoms with Gasteiger partial charge in [0.2, 0.25) is 0 Å². The highest BCUT2D eigenvalue weighted by molar-refractivity contribution is 5.92. The van der Waals surface area contributed by atoms with Gasteiger partial charge in [-0.2, -0.15) is 0 Å². The van der Waals surface area contributed by atoms with E-state index in [0.29, 0.717) is 17.8 Å². The number of rotatable bonds is 5. The molecule has 1 fully saturated rings. The molecule has 6 nitrogen and oxygen atoms in total. The van der Waals surface area contributed by atoms with E-state index < -0.39 is 0 Å². The van der Waals surface area contributed by atoms with Crippen molar-refractivity contribution in [2.75, 3.05) is 12.0 Å². The number of nitrogen functional groups attached to an aromatic ring is 1. The summed E-state index contributed by atoms with van der Waals surface area (Å²) in [5.74, 6) is 5.42. The van der Waals surface area contributed by atoms with Gasteiger partial charge in [-0.3, -0.25) is 9.78 Å². The van der Waals surface area contributed by atoms with Crippen LogP contribution in [-0.2, 0) is 0 Å². The van der Waals surface area contributed by atoms with E-state index in [1.54, 1.807) is 0 Å². The third-order valence-electron chi connectivity index (χ3n) is 3.80. The van der Waals surface area contributed by atoms with Gasteiger partial charge in [0, 0.05) is 6.54 Å². The molecule has 1 aromatic rings. The van der Waals surface area contributed by atoms with Gasteiger partial charge in [0.25, 0.3) is 5.91 Å². The Hall–Kier alpha value is -1.69. The van der Waals surface area contributed by atoms with Crippen LogP contribution in [0.5, 0.6) is 0 Å². The highest BCUT2D eigenvalue weighted by Crippen LogP contribution is 2.43. The molecule has 0 aliphatic heterocycles. The molecule has 1 saturated carbocycles. The lowest BCUT2D eigenvalue weighted by molar-refractivity contribution is 0.0845. The maximum absolute atomic E-state index is 11.9. The number of hydrogen-bond acceptors (Lipinski definition) is 5. The van der Waals surface area contributed by atoms with Crippen LogP contribution in [0.4, 0.5) is 5.82 Å². The zero-order valence-electron chi connectivity index (χ0n) is 10.6. The first-order valence-corrected chi connectivity index (χ1v) is 6.26. The van der Waals surface area contributed by atoms with Crippen LogP contribution in [0.3, 0.4) is 0 Å². The minimum atomic E-state index is -0.195. The number of anilines is 1. The van der Waals surface area contributed by atoms with Crippen LogP contribution in [-0.4, -0.2) is 22.4 Å². The highest BCUT2D eigenvalue weighted by Gasteiger charge is 2.35. The largest absolute Gasteiger partial charge is 0.350 e. The minimum Gasteiger partial charge on any atom is -0.350 e. The lowest BCUT2D eigenvalue weighted by atomic mass is 9.67. The molecule has 6 heteroatoms. The van der Waals surface area contributed by atoms with Gasteiger partial charge in [0.15, 0.2) is 5.82 Å². The predicted molar refractivity (Wildman–Crippen MR) is 68.8 cm³/mol. The third kappa shape index (κ3) is 2.59. The highest BCUT2D eigenvalue weighted by atomic mass is 16.1. The first-order valence-electron chi connectivity index (χ1n) is 6.26. The quantitative estimate of drug-likeness (QED) is 0.536. The summed E-state index contributed by atoms with van der Waals surface area (Å²) in [5, 5.41) is 2.93. The number of hydrazine groups is 1. The summed E-state index contributed by atoms with van der Waals surface area (Å²) in [6.07, 6.45) is 7.66. The van der Waals surface area contributed by atoms with Gasteiger partial charge in [-0.25, -0.2) is 10.8 Å². The molecule has 1 amide bonds. The molecule has 2 rings (SSSR count). The van der Waals surface area contributed by atoms with E-state index >= 15 is 0 Å². The van der Waals surface area contributed by atoms with Crippen LogP contribution in [0.1, 0.15) is 43.1 Å². The average molecular weight is 249 g/mol. The van der Waals surface area contributed by atoms with E-state index in [1.165, 1.54) is 31.7 Å². The molecule has 0 unspecified atom stereocenters. The Kier molecular flexibility index (Phi) is 3.76. The second kappa shape index (κ2) is 5.30. The lowest BCUT2D eigenvalue weighted by Gasteiger charge is -2.41. The normalized spacial score (nSPS) is 16.8. The first kappa shape index (κ1) is 12.8. The summed E-state index contributed by atoms with van der Waals surface area (Å²) < 4.78 is 0. The summed E-state index contributed by atoms with van der Waals surface area (Å²) in [4.78, 5) is 19.9. The second-order valence-electron chi connectivity index (χ2n) is 4.82. The number of amides is 1. The fourth-order valence-corrected chi connectivity index (χ4v) is 2.24. The number of hydrogen-bond donors (Lipinski definition) is 3. The molecule has 1 aliphatic rings. The molecule has 0 bridgehead atoms.